The molecule has 2 aromatic carbocycles. The highest BCUT2D eigenvalue weighted by Crippen LogP contribution is 2.33. The first-order valence-corrected chi connectivity index (χ1v) is 7.29. The lowest BCUT2D eigenvalue weighted by atomic mass is 10.0. The van der Waals surface area contributed by atoms with Crippen LogP contribution in [0.1, 0.15) is 5.56 Å². The Bertz CT molecular complexity index is 870. The van der Waals surface area contributed by atoms with E-state index >= 15 is 0 Å². The lowest BCUT2D eigenvalue weighted by Gasteiger charge is -2.11. The maximum Gasteiger partial charge on any atom is 0.225 e. The van der Waals surface area contributed by atoms with Crippen LogP contribution in [0, 0.1) is 0 Å². The number of nitrogens with two attached hydrogens (primary N) is 2. The van der Waals surface area contributed by atoms with E-state index in [0.717, 1.165) is 16.7 Å². The summed E-state index contributed by atoms with van der Waals surface area (Å²) in [6.07, 6.45) is 1.81. The van der Waals surface area contributed by atoms with Gasteiger partial charge in [-0.1, -0.05) is 43.0 Å². The topological polar surface area (TPSA) is 99.9 Å². The van der Waals surface area contributed by atoms with Gasteiger partial charge in [-0.25, -0.2) is 0 Å². The summed E-state index contributed by atoms with van der Waals surface area (Å²) >= 11 is 0. The predicted octanol–water partition coefficient (Wildman–Crippen LogP) is 3.02. The lowest BCUT2D eigenvalue weighted by molar-refractivity contribution is 0.416. The van der Waals surface area contributed by atoms with Crippen LogP contribution in [0.25, 0.3) is 28.6 Å². The van der Waals surface area contributed by atoms with Crippen LogP contribution in [0.4, 0.5) is 11.9 Å². The Labute approximate surface area is 139 Å². The van der Waals surface area contributed by atoms with Crippen molar-refractivity contribution in [1.29, 1.82) is 0 Å². The summed E-state index contributed by atoms with van der Waals surface area (Å²) in [5, 5.41) is 0. The third kappa shape index (κ3) is 3.03. The first-order chi connectivity index (χ1) is 11.6. The van der Waals surface area contributed by atoms with Gasteiger partial charge >= 0.3 is 0 Å². The molecule has 0 saturated heterocycles. The van der Waals surface area contributed by atoms with Crippen molar-refractivity contribution in [2.24, 2.45) is 0 Å². The van der Waals surface area contributed by atoms with Gasteiger partial charge in [0.05, 0.1) is 12.7 Å². The second-order valence-corrected chi connectivity index (χ2v) is 5.12. The Hall–Kier alpha value is -3.41. The molecule has 0 spiro atoms. The predicted molar refractivity (Wildman–Crippen MR) is 96.2 cm³/mol. The second kappa shape index (κ2) is 6.37. The smallest absolute Gasteiger partial charge is 0.225 e. The third-order valence-electron chi connectivity index (χ3n) is 3.59. The molecule has 0 unspecified atom stereocenters. The van der Waals surface area contributed by atoms with Crippen LogP contribution in [0.15, 0.2) is 49.0 Å². The average Bonchev–Trinajstić information content (AvgIpc) is 2.60. The Morgan fingerprint density at radius 3 is 2.12 bits per heavy atom. The van der Waals surface area contributed by atoms with Gasteiger partial charge in [-0.3, -0.25) is 0 Å². The van der Waals surface area contributed by atoms with Gasteiger partial charge in [0, 0.05) is 0 Å². The number of hydrogen-bond donors (Lipinski definition) is 2. The number of hydrogen-bond acceptors (Lipinski definition) is 6. The fourth-order valence-corrected chi connectivity index (χ4v) is 2.40. The number of nitrogen functional groups attached to an aromatic ring is 2. The van der Waals surface area contributed by atoms with E-state index in [-0.39, 0.29) is 11.9 Å². The monoisotopic (exact) mass is 319 g/mol. The van der Waals surface area contributed by atoms with Gasteiger partial charge in [0.15, 0.2) is 5.82 Å². The highest BCUT2D eigenvalue weighted by molar-refractivity contribution is 5.74. The molecule has 0 saturated carbocycles. The average molecular weight is 319 g/mol. The zero-order valence-electron chi connectivity index (χ0n) is 13.2. The van der Waals surface area contributed by atoms with Gasteiger partial charge in [-0.05, 0) is 28.8 Å². The van der Waals surface area contributed by atoms with Crippen LogP contribution in [-0.2, 0) is 0 Å². The highest BCUT2D eigenvalue weighted by Gasteiger charge is 2.12. The summed E-state index contributed by atoms with van der Waals surface area (Å²) in [6.45, 7) is 3.76. The molecule has 1 aromatic heterocycles. The summed E-state index contributed by atoms with van der Waals surface area (Å²) in [5.74, 6) is 1.16. The molecule has 24 heavy (non-hydrogen) atoms. The zero-order valence-corrected chi connectivity index (χ0v) is 13.2. The van der Waals surface area contributed by atoms with Gasteiger partial charge in [-0.2, -0.15) is 15.0 Å². The minimum atomic E-state index is 0.0728. The summed E-state index contributed by atoms with van der Waals surface area (Å²) in [7, 11) is 1.59. The summed E-state index contributed by atoms with van der Waals surface area (Å²) in [4.78, 5) is 12.0. The molecule has 0 atom stereocenters. The second-order valence-electron chi connectivity index (χ2n) is 5.12. The third-order valence-corrected chi connectivity index (χ3v) is 3.59. The maximum atomic E-state index is 5.65. The van der Waals surface area contributed by atoms with Crippen molar-refractivity contribution in [3.05, 3.63) is 54.6 Å². The Morgan fingerprint density at radius 1 is 0.917 bits per heavy atom. The summed E-state index contributed by atoms with van der Waals surface area (Å²) < 4.78 is 5.49. The number of benzene rings is 2. The van der Waals surface area contributed by atoms with Gasteiger partial charge in [0.25, 0.3) is 0 Å². The largest absolute Gasteiger partial charge is 0.496 e. The van der Waals surface area contributed by atoms with Gasteiger partial charge < -0.3 is 16.2 Å². The molecule has 0 aliphatic carbocycles. The van der Waals surface area contributed by atoms with E-state index in [1.165, 1.54) is 0 Å². The number of aromatic nitrogens is 3. The first-order valence-electron chi connectivity index (χ1n) is 7.29. The maximum absolute atomic E-state index is 5.65. The molecule has 4 N–H and O–H groups in total. The molecule has 0 aliphatic rings. The van der Waals surface area contributed by atoms with Crippen LogP contribution in [-0.4, -0.2) is 22.1 Å². The van der Waals surface area contributed by atoms with Crippen molar-refractivity contribution in [2.45, 2.75) is 0 Å². The van der Waals surface area contributed by atoms with Gasteiger partial charge in [0.2, 0.25) is 11.9 Å². The first kappa shape index (κ1) is 15.5. The minimum Gasteiger partial charge on any atom is -0.496 e. The molecule has 0 amide bonds. The number of methoxy groups -OCH3 is 1. The SMILES string of the molecule is C=Cc1ccc(-c2ccc(-c3nc(N)nc(N)n3)c(OC)c2)cc1. The number of nitrogens with zero attached hydrogens (tertiary/aromatic N) is 3. The quantitative estimate of drug-likeness (QED) is 0.766. The molecule has 6 nitrogen and oxygen atoms in total. The van der Waals surface area contributed by atoms with Crippen molar-refractivity contribution in [1.82, 2.24) is 15.0 Å². The Morgan fingerprint density at radius 2 is 1.54 bits per heavy atom. The molecule has 0 radical (unpaired) electrons. The van der Waals surface area contributed by atoms with Crippen molar-refractivity contribution in [3.63, 3.8) is 0 Å². The molecule has 0 fully saturated rings. The fraction of sp³-hybridized carbons (Fsp3) is 0.0556. The number of rotatable bonds is 4. The molecule has 0 bridgehead atoms. The van der Waals surface area contributed by atoms with Crippen LogP contribution in [0.2, 0.25) is 0 Å². The van der Waals surface area contributed by atoms with Crippen molar-refractivity contribution < 1.29 is 4.74 Å². The van der Waals surface area contributed by atoms with E-state index in [4.69, 9.17) is 16.2 Å². The fourth-order valence-electron chi connectivity index (χ4n) is 2.40. The van der Waals surface area contributed by atoms with E-state index < -0.39 is 0 Å². The molecule has 0 aliphatic heterocycles. The molecule has 3 aromatic rings. The zero-order chi connectivity index (χ0) is 17.1. The van der Waals surface area contributed by atoms with Gasteiger partial charge in [-0.15, -0.1) is 0 Å². The summed E-state index contributed by atoms with van der Waals surface area (Å²) in [5.41, 5.74) is 15.1. The molecule has 3 rings (SSSR count). The van der Waals surface area contributed by atoms with Crippen molar-refractivity contribution in [3.8, 4) is 28.3 Å². The van der Waals surface area contributed by atoms with Crippen LogP contribution in [0.3, 0.4) is 0 Å². The van der Waals surface area contributed by atoms with E-state index in [1.807, 2.05) is 48.5 Å². The molecular formula is C18H17N5O. The molecular weight excluding hydrogens is 302 g/mol. The van der Waals surface area contributed by atoms with Crippen LogP contribution in [0.5, 0.6) is 5.75 Å². The number of anilines is 2. The van der Waals surface area contributed by atoms with Crippen molar-refractivity contribution in [2.75, 3.05) is 18.6 Å². The van der Waals surface area contributed by atoms with Crippen molar-refractivity contribution >= 4 is 18.0 Å². The van der Waals surface area contributed by atoms with E-state index in [0.29, 0.717) is 17.1 Å². The molecule has 6 heteroatoms. The highest BCUT2D eigenvalue weighted by atomic mass is 16.5. The lowest BCUT2D eigenvalue weighted by Crippen LogP contribution is -2.04. The Balaban J connectivity index is 2.05. The van der Waals surface area contributed by atoms with Crippen LogP contribution >= 0.6 is 0 Å². The van der Waals surface area contributed by atoms with Gasteiger partial charge in [0.1, 0.15) is 5.75 Å². The number of ether oxygens (including phenoxy) is 1. The molecule has 1 heterocycles. The standard InChI is InChI=1S/C18H17N5O/c1-3-11-4-6-12(7-5-11)13-8-9-14(15(10-13)24-2)16-21-17(19)23-18(20)22-16/h3-10H,1H2,2H3,(H4,19,20,21,22,23). The van der Waals surface area contributed by atoms with E-state index in [9.17, 15) is 0 Å². The molecule has 120 valence electrons. The minimum absolute atomic E-state index is 0.0728. The summed E-state index contributed by atoms with van der Waals surface area (Å²) in [6, 6.07) is 13.9. The van der Waals surface area contributed by atoms with Crippen LogP contribution < -0.4 is 16.2 Å². The van der Waals surface area contributed by atoms with E-state index in [2.05, 4.69) is 21.5 Å². The Kier molecular flexibility index (Phi) is 4.11. The van der Waals surface area contributed by atoms with E-state index in [1.54, 1.807) is 7.11 Å². The normalized spacial score (nSPS) is 10.4.